The van der Waals surface area contributed by atoms with Crippen molar-refractivity contribution in [2.75, 3.05) is 0 Å². The summed E-state index contributed by atoms with van der Waals surface area (Å²) in [7, 11) is 0. The van der Waals surface area contributed by atoms with E-state index in [0.29, 0.717) is 0 Å². The summed E-state index contributed by atoms with van der Waals surface area (Å²) in [5.74, 6) is 0. The average Bonchev–Trinajstić information content (AvgIpc) is 1.88. The molecule has 1 rings (SSSR count). The third-order valence-corrected chi connectivity index (χ3v) is 2.33. The second-order valence-electron chi connectivity index (χ2n) is 1.99. The van der Waals surface area contributed by atoms with E-state index in [1.807, 2.05) is 18.2 Å². The summed E-state index contributed by atoms with van der Waals surface area (Å²) in [4.78, 5) is 0. The standard InChI is InChI=1S/C8H8AsCl/c1-2-6-3-4-7(9)5-8(6)10/h2-5H,1,9H2. The number of halogens is 1. The van der Waals surface area contributed by atoms with Crippen LogP contribution in [0.1, 0.15) is 5.56 Å². The Morgan fingerprint density at radius 1 is 1.50 bits per heavy atom. The molecular formula is C8H8AsCl. The first-order valence-electron chi connectivity index (χ1n) is 2.91. The Labute approximate surface area is 74.4 Å². The molecule has 0 aromatic heterocycles. The zero-order valence-electron chi connectivity index (χ0n) is 5.47. The molecule has 2 heteroatoms. The Morgan fingerprint density at radius 2 is 2.20 bits per heavy atom. The quantitative estimate of drug-likeness (QED) is 0.617. The molecule has 0 radical (unpaired) electrons. The molecule has 0 nitrogen and oxygen atoms in total. The monoisotopic (exact) mass is 214 g/mol. The average molecular weight is 215 g/mol. The van der Waals surface area contributed by atoms with Gasteiger partial charge in [0.05, 0.1) is 0 Å². The van der Waals surface area contributed by atoms with Gasteiger partial charge >= 0.3 is 74.2 Å². The molecule has 1 atom stereocenters. The molecule has 1 aromatic rings. The fourth-order valence-corrected chi connectivity index (χ4v) is 1.75. The van der Waals surface area contributed by atoms with Crippen LogP contribution >= 0.6 is 11.6 Å². The summed E-state index contributed by atoms with van der Waals surface area (Å²) in [5.41, 5.74) is 1.00. The molecule has 0 heterocycles. The van der Waals surface area contributed by atoms with Crippen LogP contribution < -0.4 is 4.35 Å². The van der Waals surface area contributed by atoms with E-state index in [1.54, 1.807) is 22.9 Å². The first-order chi connectivity index (χ1) is 4.74. The fourth-order valence-electron chi connectivity index (χ4n) is 0.709. The molecule has 0 aliphatic rings. The van der Waals surface area contributed by atoms with Gasteiger partial charge in [-0.15, -0.1) is 0 Å². The predicted molar refractivity (Wildman–Crippen MR) is 49.7 cm³/mol. The van der Waals surface area contributed by atoms with E-state index in [9.17, 15) is 0 Å². The normalized spacial score (nSPS) is 9.40. The summed E-state index contributed by atoms with van der Waals surface area (Å²) in [6.07, 6.45) is 1.76. The van der Waals surface area contributed by atoms with E-state index in [0.717, 1.165) is 10.6 Å². The van der Waals surface area contributed by atoms with E-state index in [1.165, 1.54) is 4.35 Å². The van der Waals surface area contributed by atoms with Crippen LogP contribution in [0.15, 0.2) is 24.8 Å². The molecule has 0 saturated heterocycles. The SMILES string of the molecule is C=Cc1ccc([AsH2])cc1Cl. The van der Waals surface area contributed by atoms with Crippen LogP contribution in [-0.4, -0.2) is 16.9 Å². The molecule has 0 amide bonds. The second-order valence-corrected chi connectivity index (χ2v) is 3.79. The van der Waals surface area contributed by atoms with Crippen molar-refractivity contribution in [2.45, 2.75) is 0 Å². The van der Waals surface area contributed by atoms with E-state index in [-0.39, 0.29) is 0 Å². The van der Waals surface area contributed by atoms with Crippen molar-refractivity contribution in [3.05, 3.63) is 35.4 Å². The van der Waals surface area contributed by atoms with Gasteiger partial charge < -0.3 is 0 Å². The number of benzene rings is 1. The van der Waals surface area contributed by atoms with E-state index in [4.69, 9.17) is 11.6 Å². The molecular weight excluding hydrogens is 206 g/mol. The molecule has 52 valence electrons. The maximum absolute atomic E-state index is 5.87. The van der Waals surface area contributed by atoms with Gasteiger partial charge in [-0.1, -0.05) is 0 Å². The molecule has 0 spiro atoms. The zero-order chi connectivity index (χ0) is 7.56. The Bertz CT molecular complexity index is 255. The Hall–Kier alpha value is -0.192. The third-order valence-electron chi connectivity index (χ3n) is 1.24. The first kappa shape index (κ1) is 7.91. The van der Waals surface area contributed by atoms with Gasteiger partial charge in [0.1, 0.15) is 0 Å². The Balaban J connectivity index is 3.19. The van der Waals surface area contributed by atoms with Gasteiger partial charge in [-0.25, -0.2) is 0 Å². The van der Waals surface area contributed by atoms with Crippen molar-refractivity contribution >= 4 is 38.9 Å². The van der Waals surface area contributed by atoms with Gasteiger partial charge in [-0.05, 0) is 0 Å². The topological polar surface area (TPSA) is 0 Å². The fraction of sp³-hybridized carbons (Fsp3) is 0. The minimum atomic E-state index is 0.789. The van der Waals surface area contributed by atoms with Crippen LogP contribution in [0.25, 0.3) is 6.08 Å². The van der Waals surface area contributed by atoms with E-state index >= 15 is 0 Å². The zero-order valence-corrected chi connectivity index (χ0v) is 8.65. The van der Waals surface area contributed by atoms with Gasteiger partial charge in [-0.3, -0.25) is 0 Å². The summed E-state index contributed by atoms with van der Waals surface area (Å²) in [6.45, 7) is 3.64. The summed E-state index contributed by atoms with van der Waals surface area (Å²) in [6, 6.07) is 5.98. The van der Waals surface area contributed by atoms with Crippen molar-refractivity contribution in [3.63, 3.8) is 0 Å². The van der Waals surface area contributed by atoms with Gasteiger partial charge in [0, 0.05) is 0 Å². The molecule has 0 bridgehead atoms. The molecule has 10 heavy (non-hydrogen) atoms. The molecule has 0 aliphatic heterocycles. The molecule has 1 aromatic carbocycles. The summed E-state index contributed by atoms with van der Waals surface area (Å²) in [5, 5.41) is 0.789. The van der Waals surface area contributed by atoms with Gasteiger partial charge in [0.2, 0.25) is 0 Å². The van der Waals surface area contributed by atoms with Crippen LogP contribution in [0.4, 0.5) is 0 Å². The maximum atomic E-state index is 5.87. The van der Waals surface area contributed by atoms with E-state index in [2.05, 4.69) is 6.58 Å². The molecule has 0 aliphatic carbocycles. The molecule has 0 fully saturated rings. The van der Waals surface area contributed by atoms with Crippen LogP contribution in [0.3, 0.4) is 0 Å². The summed E-state index contributed by atoms with van der Waals surface area (Å²) < 4.78 is 1.24. The van der Waals surface area contributed by atoms with Crippen molar-refractivity contribution in [2.24, 2.45) is 0 Å². The third kappa shape index (κ3) is 1.65. The van der Waals surface area contributed by atoms with Gasteiger partial charge in [0.15, 0.2) is 0 Å². The van der Waals surface area contributed by atoms with Crippen molar-refractivity contribution in [1.29, 1.82) is 0 Å². The van der Waals surface area contributed by atoms with Crippen LogP contribution in [0.5, 0.6) is 0 Å². The number of rotatable bonds is 1. The number of hydrogen-bond acceptors (Lipinski definition) is 0. The molecule has 0 N–H and O–H groups in total. The van der Waals surface area contributed by atoms with Crippen molar-refractivity contribution in [3.8, 4) is 0 Å². The van der Waals surface area contributed by atoms with Crippen molar-refractivity contribution in [1.82, 2.24) is 0 Å². The predicted octanol–water partition coefficient (Wildman–Crippen LogP) is 1.24. The van der Waals surface area contributed by atoms with Gasteiger partial charge in [-0.2, -0.15) is 0 Å². The molecule has 1 unspecified atom stereocenters. The summed E-state index contributed by atoms with van der Waals surface area (Å²) >= 11 is 7.45. The van der Waals surface area contributed by atoms with Crippen molar-refractivity contribution < 1.29 is 0 Å². The van der Waals surface area contributed by atoms with Crippen LogP contribution in [0, 0.1) is 0 Å². The minimum absolute atomic E-state index is 0.789. The van der Waals surface area contributed by atoms with Crippen LogP contribution in [0.2, 0.25) is 5.02 Å². The Morgan fingerprint density at radius 3 is 2.70 bits per heavy atom. The van der Waals surface area contributed by atoms with Gasteiger partial charge in [0.25, 0.3) is 0 Å². The first-order valence-corrected chi connectivity index (χ1v) is 4.50. The van der Waals surface area contributed by atoms with Crippen LogP contribution in [-0.2, 0) is 0 Å². The molecule has 0 saturated carbocycles. The Kier molecular flexibility index (Phi) is 2.59. The van der Waals surface area contributed by atoms with E-state index < -0.39 is 0 Å². The number of hydrogen-bond donors (Lipinski definition) is 0. The second kappa shape index (κ2) is 3.27.